The minimum Gasteiger partial charge on any atom is -0.436 e. The first-order chi connectivity index (χ1) is 14.2. The highest BCUT2D eigenvalue weighted by atomic mass is 16.4. The van der Waals surface area contributed by atoms with E-state index in [1.807, 2.05) is 36.4 Å². The lowest BCUT2D eigenvalue weighted by molar-refractivity contribution is 0.553. The molecule has 150 valence electrons. The summed E-state index contributed by atoms with van der Waals surface area (Å²) in [5.41, 5.74) is 2.97. The monoisotopic (exact) mass is 390 g/mol. The minimum absolute atomic E-state index is 0.290. The van der Waals surface area contributed by atoms with Crippen molar-refractivity contribution in [2.75, 3.05) is 18.0 Å². The SMILES string of the molecule is CCCCN(CCCC)c1ccc2cc(-c3nc4ccccc4o3)c(=O)oc2c1. The Balaban J connectivity index is 1.71. The molecule has 29 heavy (non-hydrogen) atoms. The third-order valence-electron chi connectivity index (χ3n) is 5.17. The Morgan fingerprint density at radius 1 is 0.897 bits per heavy atom. The fourth-order valence-corrected chi connectivity index (χ4v) is 3.50. The van der Waals surface area contributed by atoms with Gasteiger partial charge in [-0.2, -0.15) is 0 Å². The van der Waals surface area contributed by atoms with E-state index in [4.69, 9.17) is 8.83 Å². The van der Waals surface area contributed by atoms with Gasteiger partial charge in [0.25, 0.3) is 0 Å². The third kappa shape index (κ3) is 4.04. The maximum absolute atomic E-state index is 12.7. The van der Waals surface area contributed by atoms with Gasteiger partial charge in [0.1, 0.15) is 16.7 Å². The number of unbranched alkanes of at least 4 members (excludes halogenated alkanes) is 2. The Labute approximate surface area is 170 Å². The molecule has 0 bridgehead atoms. The molecular weight excluding hydrogens is 364 g/mol. The highest BCUT2D eigenvalue weighted by Crippen LogP contribution is 2.27. The lowest BCUT2D eigenvalue weighted by atomic mass is 10.1. The topological polar surface area (TPSA) is 59.5 Å². The van der Waals surface area contributed by atoms with E-state index in [0.717, 1.165) is 55.4 Å². The highest BCUT2D eigenvalue weighted by Gasteiger charge is 2.15. The molecule has 0 unspecified atom stereocenters. The first kappa shape index (κ1) is 19.2. The van der Waals surface area contributed by atoms with E-state index in [-0.39, 0.29) is 0 Å². The van der Waals surface area contributed by atoms with Crippen LogP contribution in [-0.4, -0.2) is 18.1 Å². The van der Waals surface area contributed by atoms with Gasteiger partial charge >= 0.3 is 5.63 Å². The highest BCUT2D eigenvalue weighted by molar-refractivity contribution is 5.84. The summed E-state index contributed by atoms with van der Waals surface area (Å²) in [6.45, 7) is 6.41. The van der Waals surface area contributed by atoms with Crippen LogP contribution in [0.3, 0.4) is 0 Å². The van der Waals surface area contributed by atoms with Crippen LogP contribution in [0.1, 0.15) is 39.5 Å². The Hall–Kier alpha value is -3.08. The van der Waals surface area contributed by atoms with Crippen molar-refractivity contribution in [1.82, 2.24) is 4.98 Å². The summed E-state index contributed by atoms with van der Waals surface area (Å²) in [5.74, 6) is 0.290. The van der Waals surface area contributed by atoms with E-state index < -0.39 is 5.63 Å². The van der Waals surface area contributed by atoms with E-state index in [9.17, 15) is 4.79 Å². The van der Waals surface area contributed by atoms with Crippen LogP contribution >= 0.6 is 0 Å². The number of benzene rings is 2. The summed E-state index contributed by atoms with van der Waals surface area (Å²) in [6.07, 6.45) is 4.59. The summed E-state index contributed by atoms with van der Waals surface area (Å²) in [7, 11) is 0. The molecule has 0 spiro atoms. The Morgan fingerprint density at radius 3 is 2.38 bits per heavy atom. The van der Waals surface area contributed by atoms with Crippen LogP contribution in [0.15, 0.2) is 62.2 Å². The molecule has 0 saturated carbocycles. The molecule has 0 fully saturated rings. The molecule has 0 aliphatic heterocycles. The average Bonchev–Trinajstić information content (AvgIpc) is 3.17. The van der Waals surface area contributed by atoms with Crippen LogP contribution in [0.4, 0.5) is 5.69 Å². The number of para-hydroxylation sites is 2. The Kier molecular flexibility index (Phi) is 5.65. The standard InChI is InChI=1S/C24H26N2O3/c1-3-5-13-26(14-6-4-2)18-12-11-17-15-19(24(27)29-22(17)16-18)23-25-20-9-7-8-10-21(20)28-23/h7-12,15-16H,3-6,13-14H2,1-2H3. The Bertz CT molecular complexity index is 1130. The second-order valence-corrected chi connectivity index (χ2v) is 7.35. The van der Waals surface area contributed by atoms with Gasteiger partial charge in [0.05, 0.1) is 0 Å². The first-order valence-electron chi connectivity index (χ1n) is 10.4. The van der Waals surface area contributed by atoms with Crippen LogP contribution < -0.4 is 10.5 Å². The van der Waals surface area contributed by atoms with Crippen molar-refractivity contribution in [3.8, 4) is 11.5 Å². The predicted molar refractivity (Wildman–Crippen MR) is 118 cm³/mol. The molecule has 2 aromatic heterocycles. The predicted octanol–water partition coefficient (Wildman–Crippen LogP) is 6.01. The zero-order valence-electron chi connectivity index (χ0n) is 17.0. The number of hydrogen-bond acceptors (Lipinski definition) is 5. The van der Waals surface area contributed by atoms with Crippen LogP contribution in [0.2, 0.25) is 0 Å². The molecule has 2 aromatic carbocycles. The van der Waals surface area contributed by atoms with Crippen LogP contribution in [-0.2, 0) is 0 Å². The average molecular weight is 390 g/mol. The van der Waals surface area contributed by atoms with Gasteiger partial charge in [-0.25, -0.2) is 9.78 Å². The van der Waals surface area contributed by atoms with E-state index in [1.165, 1.54) is 0 Å². The number of hydrogen-bond donors (Lipinski definition) is 0. The van der Waals surface area contributed by atoms with Crippen LogP contribution in [0.25, 0.3) is 33.5 Å². The lowest BCUT2D eigenvalue weighted by Crippen LogP contribution is -2.25. The second-order valence-electron chi connectivity index (χ2n) is 7.35. The van der Waals surface area contributed by atoms with Gasteiger partial charge in [-0.1, -0.05) is 38.8 Å². The quantitative estimate of drug-likeness (QED) is 0.345. The molecule has 4 aromatic rings. The Morgan fingerprint density at radius 2 is 1.66 bits per heavy atom. The molecule has 0 atom stereocenters. The van der Waals surface area contributed by atoms with Gasteiger partial charge in [0.2, 0.25) is 5.89 Å². The van der Waals surface area contributed by atoms with Crippen molar-refractivity contribution in [2.24, 2.45) is 0 Å². The minimum atomic E-state index is -0.435. The van der Waals surface area contributed by atoms with Crippen LogP contribution in [0, 0.1) is 0 Å². The van der Waals surface area contributed by atoms with Crippen molar-refractivity contribution in [3.63, 3.8) is 0 Å². The van der Waals surface area contributed by atoms with Gasteiger partial charge < -0.3 is 13.7 Å². The van der Waals surface area contributed by atoms with Gasteiger partial charge in [0.15, 0.2) is 5.58 Å². The molecule has 0 aliphatic rings. The molecule has 0 N–H and O–H groups in total. The number of oxazole rings is 1. The van der Waals surface area contributed by atoms with Crippen LogP contribution in [0.5, 0.6) is 0 Å². The number of nitrogens with zero attached hydrogens (tertiary/aromatic N) is 2. The van der Waals surface area contributed by atoms with Crippen molar-refractivity contribution in [1.29, 1.82) is 0 Å². The molecule has 0 saturated heterocycles. The molecule has 5 heteroatoms. The maximum Gasteiger partial charge on any atom is 0.349 e. The molecule has 0 aliphatic carbocycles. The van der Waals surface area contributed by atoms with E-state index in [1.54, 1.807) is 6.07 Å². The van der Waals surface area contributed by atoms with Gasteiger partial charge in [-0.05, 0) is 43.2 Å². The smallest absolute Gasteiger partial charge is 0.349 e. The molecule has 0 amide bonds. The van der Waals surface area contributed by atoms with Crippen molar-refractivity contribution in [3.05, 3.63) is 59.0 Å². The number of fused-ring (bicyclic) bond motifs is 2. The van der Waals surface area contributed by atoms with Crippen molar-refractivity contribution in [2.45, 2.75) is 39.5 Å². The fraction of sp³-hybridized carbons (Fsp3) is 0.333. The largest absolute Gasteiger partial charge is 0.436 e. The summed E-state index contributed by atoms with van der Waals surface area (Å²) < 4.78 is 11.4. The van der Waals surface area contributed by atoms with Gasteiger partial charge in [0, 0.05) is 30.2 Å². The molecule has 5 nitrogen and oxygen atoms in total. The first-order valence-corrected chi connectivity index (χ1v) is 10.4. The van der Waals surface area contributed by atoms with E-state index >= 15 is 0 Å². The third-order valence-corrected chi connectivity index (χ3v) is 5.17. The van der Waals surface area contributed by atoms with E-state index in [0.29, 0.717) is 22.6 Å². The summed E-state index contributed by atoms with van der Waals surface area (Å²) in [5, 5.41) is 0.858. The number of anilines is 1. The molecule has 2 heterocycles. The van der Waals surface area contributed by atoms with E-state index in [2.05, 4.69) is 29.8 Å². The molecular formula is C24H26N2O3. The van der Waals surface area contributed by atoms with Crippen molar-refractivity contribution >= 4 is 27.8 Å². The number of aromatic nitrogens is 1. The molecule has 4 rings (SSSR count). The number of rotatable bonds is 8. The maximum atomic E-state index is 12.7. The zero-order chi connectivity index (χ0) is 20.2. The van der Waals surface area contributed by atoms with Gasteiger partial charge in [-0.3, -0.25) is 0 Å². The lowest BCUT2D eigenvalue weighted by Gasteiger charge is -2.24. The van der Waals surface area contributed by atoms with Crippen molar-refractivity contribution < 1.29 is 8.83 Å². The summed E-state index contributed by atoms with van der Waals surface area (Å²) in [6, 6.07) is 15.3. The molecule has 0 radical (unpaired) electrons. The fourth-order valence-electron chi connectivity index (χ4n) is 3.50. The normalized spacial score (nSPS) is 11.4. The summed E-state index contributed by atoms with van der Waals surface area (Å²) in [4.78, 5) is 19.5. The van der Waals surface area contributed by atoms with Gasteiger partial charge in [-0.15, -0.1) is 0 Å². The summed E-state index contributed by atoms with van der Waals surface area (Å²) >= 11 is 0. The zero-order valence-corrected chi connectivity index (χ0v) is 17.0. The second kappa shape index (κ2) is 8.52.